The van der Waals surface area contributed by atoms with Crippen molar-refractivity contribution in [3.63, 3.8) is 0 Å². The van der Waals surface area contributed by atoms with Crippen LogP contribution in [0.4, 0.5) is 18.3 Å². The molecule has 2 aliphatic rings. The summed E-state index contributed by atoms with van der Waals surface area (Å²) in [7, 11) is 0. The summed E-state index contributed by atoms with van der Waals surface area (Å²) in [4.78, 5) is 13.5. The molecule has 1 aromatic rings. The van der Waals surface area contributed by atoms with E-state index >= 15 is 0 Å². The van der Waals surface area contributed by atoms with Crippen molar-refractivity contribution >= 4 is 22.4 Å². The highest BCUT2D eigenvalue weighted by molar-refractivity contribution is 7.15. The number of anilines is 1. The van der Waals surface area contributed by atoms with Gasteiger partial charge in [-0.2, -0.15) is 13.2 Å². The largest absolute Gasteiger partial charge is 0.415 e. The first-order valence-electron chi connectivity index (χ1n) is 7.46. The summed E-state index contributed by atoms with van der Waals surface area (Å²) < 4.78 is 42.6. The molecule has 1 aliphatic carbocycles. The molecular weight excluding hydrogens is 333 g/mol. The Labute approximate surface area is 135 Å². The number of hydrogen-bond donors (Lipinski definition) is 1. The molecule has 1 atom stereocenters. The standard InChI is InChI=1S/C13H17F3N4O2S/c14-13(15,16)9-7-20(5-6-22-9)4-3-10(21)17-12-19-18-11(23-12)8-1-2-8/h8-9H,1-7H2,(H,17,19,21)/t9-/m1/s1. The smallest absolute Gasteiger partial charge is 0.366 e. The number of morpholine rings is 1. The lowest BCUT2D eigenvalue weighted by Crippen LogP contribution is -2.49. The van der Waals surface area contributed by atoms with Crippen LogP contribution in [0.5, 0.6) is 0 Å². The molecule has 0 aromatic carbocycles. The van der Waals surface area contributed by atoms with Gasteiger partial charge in [0.05, 0.1) is 6.61 Å². The van der Waals surface area contributed by atoms with E-state index in [1.807, 2.05) is 0 Å². The van der Waals surface area contributed by atoms with Crippen molar-refractivity contribution in [1.29, 1.82) is 0 Å². The van der Waals surface area contributed by atoms with Crippen LogP contribution < -0.4 is 5.32 Å². The third-order valence-corrected chi connectivity index (χ3v) is 4.79. The van der Waals surface area contributed by atoms with Crippen LogP contribution in [-0.4, -0.2) is 59.5 Å². The van der Waals surface area contributed by atoms with Crippen LogP contribution in [0.1, 0.15) is 30.2 Å². The van der Waals surface area contributed by atoms with Gasteiger partial charge in [-0.3, -0.25) is 9.69 Å². The van der Waals surface area contributed by atoms with Gasteiger partial charge in [-0.15, -0.1) is 10.2 Å². The fraction of sp³-hybridized carbons (Fsp3) is 0.769. The van der Waals surface area contributed by atoms with Gasteiger partial charge in [-0.1, -0.05) is 11.3 Å². The number of nitrogens with zero attached hydrogens (tertiary/aromatic N) is 3. The number of rotatable bonds is 5. The average Bonchev–Trinajstić information content (AvgIpc) is 3.25. The van der Waals surface area contributed by atoms with Crippen LogP contribution in [0.2, 0.25) is 0 Å². The van der Waals surface area contributed by atoms with Crippen molar-refractivity contribution in [3.8, 4) is 0 Å². The highest BCUT2D eigenvalue weighted by atomic mass is 32.1. The first-order valence-corrected chi connectivity index (χ1v) is 8.27. The van der Waals surface area contributed by atoms with Crippen molar-refractivity contribution in [3.05, 3.63) is 5.01 Å². The predicted octanol–water partition coefficient (Wildman–Crippen LogP) is 2.01. The summed E-state index contributed by atoms with van der Waals surface area (Å²) in [5.74, 6) is 0.212. The van der Waals surface area contributed by atoms with Gasteiger partial charge in [0, 0.05) is 32.0 Å². The molecule has 1 saturated heterocycles. The van der Waals surface area contributed by atoms with Crippen LogP contribution in [0.25, 0.3) is 0 Å². The molecule has 3 rings (SSSR count). The average molecular weight is 350 g/mol. The van der Waals surface area contributed by atoms with Gasteiger partial charge in [0.2, 0.25) is 11.0 Å². The molecule has 1 aliphatic heterocycles. The number of aromatic nitrogens is 2. The van der Waals surface area contributed by atoms with Gasteiger partial charge in [-0.25, -0.2) is 0 Å². The Morgan fingerprint density at radius 1 is 1.39 bits per heavy atom. The fourth-order valence-corrected chi connectivity index (χ4v) is 3.25. The summed E-state index contributed by atoms with van der Waals surface area (Å²) in [5.41, 5.74) is 0. The number of carbonyl (C=O) groups is 1. The first-order chi connectivity index (χ1) is 10.9. The van der Waals surface area contributed by atoms with E-state index in [4.69, 9.17) is 4.74 Å². The Morgan fingerprint density at radius 3 is 2.87 bits per heavy atom. The van der Waals surface area contributed by atoms with Gasteiger partial charge in [-0.05, 0) is 12.8 Å². The van der Waals surface area contributed by atoms with Crippen molar-refractivity contribution in [2.45, 2.75) is 37.5 Å². The molecule has 1 aromatic heterocycles. The molecule has 10 heteroatoms. The van der Waals surface area contributed by atoms with Crippen LogP contribution in [0.3, 0.4) is 0 Å². The van der Waals surface area contributed by atoms with E-state index in [0.717, 1.165) is 17.8 Å². The van der Waals surface area contributed by atoms with E-state index < -0.39 is 12.3 Å². The molecule has 1 saturated carbocycles. The van der Waals surface area contributed by atoms with Gasteiger partial charge in [0.25, 0.3) is 0 Å². The molecule has 1 amide bonds. The van der Waals surface area contributed by atoms with Gasteiger partial charge < -0.3 is 10.1 Å². The number of nitrogens with one attached hydrogen (secondary N) is 1. The normalized spacial score (nSPS) is 23.0. The predicted molar refractivity (Wildman–Crippen MR) is 77.4 cm³/mol. The minimum Gasteiger partial charge on any atom is -0.366 e. The zero-order valence-corrected chi connectivity index (χ0v) is 13.1. The number of amides is 1. The molecular formula is C13H17F3N4O2S. The van der Waals surface area contributed by atoms with Crippen LogP contribution in [0, 0.1) is 0 Å². The van der Waals surface area contributed by atoms with E-state index in [0.29, 0.717) is 17.6 Å². The van der Waals surface area contributed by atoms with E-state index in [-0.39, 0.29) is 32.0 Å². The lowest BCUT2D eigenvalue weighted by Gasteiger charge is -2.33. The third-order valence-electron chi connectivity index (χ3n) is 3.78. The maximum Gasteiger partial charge on any atom is 0.415 e. The Bertz CT molecular complexity index is 562. The topological polar surface area (TPSA) is 67.3 Å². The Kier molecular flexibility index (Phi) is 4.83. The van der Waals surface area contributed by atoms with Crippen molar-refractivity contribution in [1.82, 2.24) is 15.1 Å². The van der Waals surface area contributed by atoms with E-state index in [2.05, 4.69) is 15.5 Å². The van der Waals surface area contributed by atoms with Crippen LogP contribution >= 0.6 is 11.3 Å². The second kappa shape index (κ2) is 6.70. The molecule has 1 N–H and O–H groups in total. The Morgan fingerprint density at radius 2 is 2.17 bits per heavy atom. The summed E-state index contributed by atoms with van der Waals surface area (Å²) >= 11 is 1.36. The number of hydrogen-bond acceptors (Lipinski definition) is 6. The van der Waals surface area contributed by atoms with E-state index in [9.17, 15) is 18.0 Å². The van der Waals surface area contributed by atoms with Crippen LogP contribution in [-0.2, 0) is 9.53 Å². The lowest BCUT2D eigenvalue weighted by molar-refractivity contribution is -0.237. The summed E-state index contributed by atoms with van der Waals surface area (Å²) in [6, 6.07) is 0. The second-order valence-electron chi connectivity index (χ2n) is 5.72. The van der Waals surface area contributed by atoms with Gasteiger partial charge in [0.15, 0.2) is 6.10 Å². The Balaban J connectivity index is 1.43. The molecule has 0 radical (unpaired) electrons. The molecule has 0 bridgehead atoms. The number of carbonyl (C=O) groups excluding carboxylic acids is 1. The molecule has 0 spiro atoms. The molecule has 2 heterocycles. The molecule has 23 heavy (non-hydrogen) atoms. The lowest BCUT2D eigenvalue weighted by atomic mass is 10.2. The zero-order chi connectivity index (χ0) is 16.4. The third kappa shape index (κ3) is 4.61. The minimum absolute atomic E-state index is 0.0208. The van der Waals surface area contributed by atoms with Gasteiger partial charge in [0.1, 0.15) is 5.01 Å². The van der Waals surface area contributed by atoms with Crippen molar-refractivity contribution in [2.75, 3.05) is 31.6 Å². The van der Waals surface area contributed by atoms with Crippen molar-refractivity contribution in [2.24, 2.45) is 0 Å². The highest BCUT2D eigenvalue weighted by Gasteiger charge is 2.43. The first kappa shape index (κ1) is 16.6. The highest BCUT2D eigenvalue weighted by Crippen LogP contribution is 2.42. The summed E-state index contributed by atoms with van der Waals surface area (Å²) in [5, 5.41) is 12.0. The quantitative estimate of drug-likeness (QED) is 0.880. The number of halogens is 3. The summed E-state index contributed by atoms with van der Waals surface area (Å²) in [6.07, 6.45) is -3.81. The minimum atomic E-state index is -4.37. The SMILES string of the molecule is O=C(CCN1CCO[C@@H](C(F)(F)F)C1)Nc1nnc(C2CC2)s1. The van der Waals surface area contributed by atoms with Crippen molar-refractivity contribution < 1.29 is 22.7 Å². The van der Waals surface area contributed by atoms with E-state index in [1.54, 1.807) is 4.90 Å². The molecule has 6 nitrogen and oxygen atoms in total. The number of alkyl halides is 3. The summed E-state index contributed by atoms with van der Waals surface area (Å²) in [6.45, 7) is 0.439. The number of ether oxygens (including phenoxy) is 1. The monoisotopic (exact) mass is 350 g/mol. The zero-order valence-electron chi connectivity index (χ0n) is 12.3. The molecule has 0 unspecified atom stereocenters. The van der Waals surface area contributed by atoms with E-state index in [1.165, 1.54) is 11.3 Å². The maximum atomic E-state index is 12.6. The fourth-order valence-electron chi connectivity index (χ4n) is 2.33. The molecule has 2 fully saturated rings. The second-order valence-corrected chi connectivity index (χ2v) is 6.73. The van der Waals surface area contributed by atoms with Gasteiger partial charge >= 0.3 is 6.18 Å². The maximum absolute atomic E-state index is 12.6. The Hall–Kier alpha value is -1.26. The van der Waals surface area contributed by atoms with Crippen LogP contribution in [0.15, 0.2) is 0 Å². The molecule has 128 valence electrons.